The molecule has 138 valence electrons. The van der Waals surface area contributed by atoms with Gasteiger partial charge in [-0.3, -0.25) is 4.79 Å². The number of aromatic nitrogens is 4. The zero-order valence-electron chi connectivity index (χ0n) is 15.0. The van der Waals surface area contributed by atoms with E-state index >= 15 is 0 Å². The van der Waals surface area contributed by atoms with Gasteiger partial charge in [-0.15, -0.1) is 10.2 Å². The van der Waals surface area contributed by atoms with E-state index < -0.39 is 0 Å². The van der Waals surface area contributed by atoms with Crippen molar-refractivity contribution in [3.05, 3.63) is 36.9 Å². The van der Waals surface area contributed by atoms with Crippen LogP contribution in [-0.2, 0) is 16.1 Å². The van der Waals surface area contributed by atoms with Crippen LogP contribution in [0.2, 0.25) is 0 Å². The lowest BCUT2D eigenvalue weighted by atomic mass is 10.2. The summed E-state index contributed by atoms with van der Waals surface area (Å²) in [6, 6.07) is 7.38. The third-order valence-corrected chi connectivity index (χ3v) is 3.98. The van der Waals surface area contributed by atoms with E-state index in [4.69, 9.17) is 9.47 Å². The summed E-state index contributed by atoms with van der Waals surface area (Å²) in [5.41, 5.74) is 0.809. The van der Waals surface area contributed by atoms with Gasteiger partial charge in [0.25, 0.3) is 0 Å². The Morgan fingerprint density at radius 2 is 2.00 bits per heavy atom. The predicted octanol–water partition coefficient (Wildman–Crippen LogP) is 1.54. The molecule has 0 aliphatic carbocycles. The number of amides is 1. The van der Waals surface area contributed by atoms with Crippen molar-refractivity contribution in [3.63, 3.8) is 0 Å². The van der Waals surface area contributed by atoms with E-state index in [2.05, 4.69) is 22.0 Å². The molecule has 1 aromatic carbocycles. The quantitative estimate of drug-likeness (QED) is 0.730. The summed E-state index contributed by atoms with van der Waals surface area (Å²) in [5, 5.41) is 12.3. The molecule has 0 spiro atoms. The van der Waals surface area contributed by atoms with E-state index in [1.165, 1.54) is 4.80 Å². The van der Waals surface area contributed by atoms with Gasteiger partial charge in [-0.05, 0) is 43.3 Å². The first-order valence-corrected chi connectivity index (χ1v) is 8.60. The molecule has 0 N–H and O–H groups in total. The zero-order valence-corrected chi connectivity index (χ0v) is 15.0. The van der Waals surface area contributed by atoms with Gasteiger partial charge >= 0.3 is 0 Å². The minimum Gasteiger partial charge on any atom is -0.490 e. The van der Waals surface area contributed by atoms with Gasteiger partial charge < -0.3 is 14.4 Å². The van der Waals surface area contributed by atoms with Crippen LogP contribution in [0.25, 0.3) is 11.4 Å². The molecule has 0 bridgehead atoms. The maximum Gasteiger partial charge on any atom is 0.246 e. The van der Waals surface area contributed by atoms with Crippen LogP contribution in [0.15, 0.2) is 36.9 Å². The minimum atomic E-state index is -0.0378. The fraction of sp³-hybridized carbons (Fsp3) is 0.444. The first kappa shape index (κ1) is 18.1. The maximum atomic E-state index is 12.5. The lowest BCUT2D eigenvalue weighted by molar-refractivity contribution is -0.144. The van der Waals surface area contributed by atoms with Gasteiger partial charge in [0.1, 0.15) is 18.9 Å². The summed E-state index contributed by atoms with van der Waals surface area (Å²) in [5.74, 6) is 1.17. The number of carbonyl (C=O) groups excluding carboxylic acids is 1. The molecule has 1 fully saturated rings. The Balaban J connectivity index is 1.62. The maximum absolute atomic E-state index is 12.5. The molecule has 0 radical (unpaired) electrons. The van der Waals surface area contributed by atoms with Crippen LogP contribution in [-0.4, -0.2) is 62.9 Å². The van der Waals surface area contributed by atoms with Crippen LogP contribution in [0, 0.1) is 0 Å². The molecule has 1 saturated heterocycles. The van der Waals surface area contributed by atoms with Crippen LogP contribution in [0.4, 0.5) is 0 Å². The molecule has 1 aliphatic heterocycles. The van der Waals surface area contributed by atoms with Crippen molar-refractivity contribution in [1.82, 2.24) is 25.1 Å². The second kappa shape index (κ2) is 8.09. The average Bonchev–Trinajstić information content (AvgIpc) is 3.08. The summed E-state index contributed by atoms with van der Waals surface area (Å²) in [4.78, 5) is 15.6. The Kier molecular flexibility index (Phi) is 5.62. The van der Waals surface area contributed by atoms with E-state index in [-0.39, 0.29) is 24.7 Å². The molecule has 2 heterocycles. The van der Waals surface area contributed by atoms with Gasteiger partial charge in [0.05, 0.1) is 12.2 Å². The molecule has 1 aliphatic rings. The number of hydrogen-bond acceptors (Lipinski definition) is 6. The largest absolute Gasteiger partial charge is 0.490 e. The number of morpholine rings is 1. The van der Waals surface area contributed by atoms with Crippen molar-refractivity contribution in [1.29, 1.82) is 0 Å². The average molecular weight is 357 g/mol. The van der Waals surface area contributed by atoms with Crippen LogP contribution in [0.3, 0.4) is 0 Å². The van der Waals surface area contributed by atoms with Crippen LogP contribution in [0.5, 0.6) is 5.75 Å². The molecule has 8 nitrogen and oxygen atoms in total. The van der Waals surface area contributed by atoms with Crippen LogP contribution < -0.4 is 4.74 Å². The number of hydrogen-bond donors (Lipinski definition) is 0. The van der Waals surface area contributed by atoms with Gasteiger partial charge in [-0.1, -0.05) is 12.7 Å². The highest BCUT2D eigenvalue weighted by Gasteiger charge is 2.26. The number of nitrogens with zero attached hydrogens (tertiary/aromatic N) is 5. The molecule has 0 saturated carbocycles. The second-order valence-electron chi connectivity index (χ2n) is 6.32. The number of rotatable bonds is 6. The number of benzene rings is 1. The zero-order chi connectivity index (χ0) is 18.5. The summed E-state index contributed by atoms with van der Waals surface area (Å²) >= 11 is 0. The molecule has 1 aromatic heterocycles. The van der Waals surface area contributed by atoms with Crippen molar-refractivity contribution >= 4 is 5.91 Å². The van der Waals surface area contributed by atoms with Crippen molar-refractivity contribution in [2.24, 2.45) is 0 Å². The molecule has 3 rings (SSSR count). The smallest absolute Gasteiger partial charge is 0.246 e. The van der Waals surface area contributed by atoms with Gasteiger partial charge in [0.15, 0.2) is 0 Å². The Hall–Kier alpha value is -2.74. The summed E-state index contributed by atoms with van der Waals surface area (Å²) in [6.07, 6.45) is 1.75. The Labute approximate surface area is 152 Å². The predicted molar refractivity (Wildman–Crippen MR) is 95.5 cm³/mol. The Morgan fingerprint density at radius 1 is 1.31 bits per heavy atom. The number of tetrazole rings is 1. The van der Waals surface area contributed by atoms with Crippen LogP contribution in [0.1, 0.15) is 13.8 Å². The number of ether oxygens (including phenoxy) is 2. The topological polar surface area (TPSA) is 82.4 Å². The standard InChI is InChI=1S/C18H23N5O3/c1-4-9-25-16-7-5-15(6-8-16)18-19-21-23(20-18)12-17(24)22-10-13(2)26-14(3)11-22/h4-8,13-14H,1,9-12H2,2-3H3/t13-,14-/m0/s1. The first-order valence-electron chi connectivity index (χ1n) is 8.60. The lowest BCUT2D eigenvalue weighted by Crippen LogP contribution is -2.49. The van der Waals surface area contributed by atoms with E-state index in [1.807, 2.05) is 38.1 Å². The Morgan fingerprint density at radius 3 is 2.65 bits per heavy atom. The van der Waals surface area contributed by atoms with E-state index in [0.29, 0.717) is 25.5 Å². The monoisotopic (exact) mass is 357 g/mol. The fourth-order valence-electron chi connectivity index (χ4n) is 2.88. The molecule has 26 heavy (non-hydrogen) atoms. The normalized spacial score (nSPS) is 20.0. The molecule has 1 amide bonds. The van der Waals surface area contributed by atoms with E-state index in [0.717, 1.165) is 11.3 Å². The first-order chi connectivity index (χ1) is 12.5. The lowest BCUT2D eigenvalue weighted by Gasteiger charge is -2.35. The van der Waals surface area contributed by atoms with Gasteiger partial charge in [-0.25, -0.2) is 0 Å². The van der Waals surface area contributed by atoms with E-state index in [9.17, 15) is 4.79 Å². The SMILES string of the molecule is C=CCOc1ccc(-c2nnn(CC(=O)N3C[C@H](C)O[C@@H](C)C3)n2)cc1. The Bertz CT molecular complexity index is 748. The summed E-state index contributed by atoms with van der Waals surface area (Å²) in [7, 11) is 0. The summed E-state index contributed by atoms with van der Waals surface area (Å²) in [6.45, 7) is 9.22. The molecule has 8 heteroatoms. The molecule has 0 unspecified atom stereocenters. The summed E-state index contributed by atoms with van der Waals surface area (Å²) < 4.78 is 11.1. The molecular weight excluding hydrogens is 334 g/mol. The fourth-order valence-corrected chi connectivity index (χ4v) is 2.88. The minimum absolute atomic E-state index is 0.0313. The third-order valence-electron chi connectivity index (χ3n) is 3.98. The van der Waals surface area contributed by atoms with Gasteiger partial charge in [-0.2, -0.15) is 4.80 Å². The second-order valence-corrected chi connectivity index (χ2v) is 6.32. The third kappa shape index (κ3) is 4.45. The highest BCUT2D eigenvalue weighted by Crippen LogP contribution is 2.19. The van der Waals surface area contributed by atoms with Crippen LogP contribution >= 0.6 is 0 Å². The van der Waals surface area contributed by atoms with Crippen molar-refractivity contribution in [2.75, 3.05) is 19.7 Å². The van der Waals surface area contributed by atoms with Crippen molar-refractivity contribution < 1.29 is 14.3 Å². The highest BCUT2D eigenvalue weighted by molar-refractivity contribution is 5.76. The van der Waals surface area contributed by atoms with E-state index in [1.54, 1.807) is 11.0 Å². The highest BCUT2D eigenvalue weighted by atomic mass is 16.5. The molecular formula is C18H23N5O3. The van der Waals surface area contributed by atoms with Gasteiger partial charge in [0.2, 0.25) is 11.7 Å². The molecule has 2 atom stereocenters. The molecule has 2 aromatic rings. The van der Waals surface area contributed by atoms with Crippen molar-refractivity contribution in [3.8, 4) is 17.1 Å². The number of carbonyl (C=O) groups is 1. The van der Waals surface area contributed by atoms with Crippen molar-refractivity contribution in [2.45, 2.75) is 32.6 Å². The van der Waals surface area contributed by atoms with Gasteiger partial charge in [0, 0.05) is 18.7 Å².